The highest BCUT2D eigenvalue weighted by molar-refractivity contribution is 7.90. The highest BCUT2D eigenvalue weighted by atomic mass is 35.5. The van der Waals surface area contributed by atoms with Gasteiger partial charge in [-0.3, -0.25) is 4.79 Å². The lowest BCUT2D eigenvalue weighted by Gasteiger charge is -2.14. The largest absolute Gasteiger partial charge is 0.493 e. The van der Waals surface area contributed by atoms with E-state index in [9.17, 15) is 17.6 Å². The summed E-state index contributed by atoms with van der Waals surface area (Å²) in [5, 5.41) is 0.0401. The summed E-state index contributed by atoms with van der Waals surface area (Å²) in [6.07, 6.45) is -0.114. The molecule has 2 aromatic carbocycles. The van der Waals surface area contributed by atoms with Crippen molar-refractivity contribution in [2.75, 3.05) is 7.11 Å². The summed E-state index contributed by atoms with van der Waals surface area (Å²) in [7, 11) is -3.02. The molecule has 0 fully saturated rings. The fourth-order valence-electron chi connectivity index (χ4n) is 2.09. The van der Waals surface area contributed by atoms with E-state index in [1.807, 2.05) is 18.6 Å². The second-order valence-electron chi connectivity index (χ2n) is 5.54. The van der Waals surface area contributed by atoms with E-state index < -0.39 is 26.6 Å². The third-order valence-electron chi connectivity index (χ3n) is 3.20. The van der Waals surface area contributed by atoms with Gasteiger partial charge in [-0.1, -0.05) is 11.6 Å². The molecule has 0 heterocycles. The topological polar surface area (TPSA) is 81.7 Å². The number of hydrogen-bond donors (Lipinski definition) is 1. The number of ether oxygens (including phenoxy) is 2. The molecule has 6 nitrogen and oxygen atoms in total. The first kappa shape index (κ1) is 20.0. The SMILES string of the molecule is COc1cc(C(=O)NS(=O)(=O)c2ccc(Cl)cc2F)ccc1OC(C)C. The molecule has 0 aliphatic heterocycles. The lowest BCUT2D eigenvalue weighted by Crippen LogP contribution is -2.31. The fourth-order valence-corrected chi connectivity index (χ4v) is 3.28. The minimum absolute atomic E-state index is 0.0101. The normalized spacial score (nSPS) is 11.3. The Morgan fingerprint density at radius 3 is 2.42 bits per heavy atom. The smallest absolute Gasteiger partial charge is 0.267 e. The molecule has 0 aliphatic rings. The maximum absolute atomic E-state index is 13.8. The average molecular weight is 402 g/mol. The summed E-state index contributed by atoms with van der Waals surface area (Å²) in [4.78, 5) is 11.6. The second kappa shape index (κ2) is 7.92. The number of amides is 1. The van der Waals surface area contributed by atoms with E-state index in [4.69, 9.17) is 21.1 Å². The molecule has 1 amide bonds. The molecule has 140 valence electrons. The van der Waals surface area contributed by atoms with Crippen LogP contribution < -0.4 is 14.2 Å². The Kier molecular flexibility index (Phi) is 6.09. The van der Waals surface area contributed by atoms with E-state index in [1.165, 1.54) is 31.4 Å². The molecule has 9 heteroatoms. The van der Waals surface area contributed by atoms with Crippen LogP contribution in [0.2, 0.25) is 5.02 Å². The third kappa shape index (κ3) is 4.64. The van der Waals surface area contributed by atoms with E-state index in [0.29, 0.717) is 5.75 Å². The Morgan fingerprint density at radius 1 is 1.15 bits per heavy atom. The first-order chi connectivity index (χ1) is 12.1. The highest BCUT2D eigenvalue weighted by Crippen LogP contribution is 2.29. The van der Waals surface area contributed by atoms with Gasteiger partial charge in [0.2, 0.25) is 0 Å². The van der Waals surface area contributed by atoms with Gasteiger partial charge in [-0.25, -0.2) is 17.5 Å². The van der Waals surface area contributed by atoms with Gasteiger partial charge in [0, 0.05) is 10.6 Å². The second-order valence-corrected chi connectivity index (χ2v) is 7.63. The molecule has 0 aliphatic carbocycles. The monoisotopic (exact) mass is 401 g/mol. The van der Waals surface area contributed by atoms with Crippen molar-refractivity contribution in [1.29, 1.82) is 0 Å². The molecule has 0 radical (unpaired) electrons. The lowest BCUT2D eigenvalue weighted by molar-refractivity contribution is 0.0981. The molecule has 0 aromatic heterocycles. The zero-order valence-electron chi connectivity index (χ0n) is 14.2. The van der Waals surface area contributed by atoms with Crippen LogP contribution in [-0.2, 0) is 10.0 Å². The average Bonchev–Trinajstić information content (AvgIpc) is 2.53. The predicted molar refractivity (Wildman–Crippen MR) is 94.8 cm³/mol. The number of carbonyl (C=O) groups excluding carboxylic acids is 1. The maximum atomic E-state index is 13.8. The molecule has 1 N–H and O–H groups in total. The Labute approximate surface area is 155 Å². The van der Waals surface area contributed by atoms with Crippen LogP contribution in [0.25, 0.3) is 0 Å². The van der Waals surface area contributed by atoms with Crippen LogP contribution in [0, 0.1) is 5.82 Å². The molecular formula is C17H17ClFNO5S. The van der Waals surface area contributed by atoms with Gasteiger partial charge in [0.25, 0.3) is 15.9 Å². The highest BCUT2D eigenvalue weighted by Gasteiger charge is 2.23. The molecule has 0 bridgehead atoms. The van der Waals surface area contributed by atoms with Crippen LogP contribution in [0.1, 0.15) is 24.2 Å². The van der Waals surface area contributed by atoms with E-state index in [2.05, 4.69) is 0 Å². The molecule has 0 saturated carbocycles. The van der Waals surface area contributed by atoms with Gasteiger partial charge < -0.3 is 9.47 Å². The first-order valence-corrected chi connectivity index (χ1v) is 9.37. The van der Waals surface area contributed by atoms with Gasteiger partial charge in [-0.05, 0) is 50.2 Å². The number of carbonyl (C=O) groups is 1. The van der Waals surface area contributed by atoms with Crippen molar-refractivity contribution in [3.8, 4) is 11.5 Å². The van der Waals surface area contributed by atoms with Crippen LogP contribution in [0.4, 0.5) is 4.39 Å². The van der Waals surface area contributed by atoms with Crippen molar-refractivity contribution in [2.45, 2.75) is 24.8 Å². The number of halogens is 2. The van der Waals surface area contributed by atoms with Crippen LogP contribution in [0.3, 0.4) is 0 Å². The van der Waals surface area contributed by atoms with Crippen LogP contribution in [0.15, 0.2) is 41.3 Å². The number of sulfonamides is 1. The van der Waals surface area contributed by atoms with Crippen LogP contribution in [-0.4, -0.2) is 27.5 Å². The minimum atomic E-state index is -4.41. The van der Waals surface area contributed by atoms with Gasteiger partial charge >= 0.3 is 0 Å². The molecule has 2 aromatic rings. The summed E-state index contributed by atoms with van der Waals surface area (Å²) in [5.74, 6) is -1.32. The summed E-state index contributed by atoms with van der Waals surface area (Å²) in [6.45, 7) is 3.65. The zero-order valence-corrected chi connectivity index (χ0v) is 15.8. The van der Waals surface area contributed by atoms with Crippen molar-refractivity contribution >= 4 is 27.5 Å². The van der Waals surface area contributed by atoms with E-state index in [0.717, 1.165) is 12.1 Å². The molecular weight excluding hydrogens is 385 g/mol. The fraction of sp³-hybridized carbons (Fsp3) is 0.235. The Balaban J connectivity index is 2.29. The third-order valence-corrected chi connectivity index (χ3v) is 4.80. The van der Waals surface area contributed by atoms with Crippen LogP contribution >= 0.6 is 11.6 Å². The summed E-state index contributed by atoms with van der Waals surface area (Å²) in [6, 6.07) is 7.24. The lowest BCUT2D eigenvalue weighted by atomic mass is 10.2. The molecule has 0 atom stereocenters. The van der Waals surface area contributed by atoms with E-state index >= 15 is 0 Å². The van der Waals surface area contributed by atoms with Gasteiger partial charge in [0.1, 0.15) is 10.7 Å². The van der Waals surface area contributed by atoms with Gasteiger partial charge in [-0.2, -0.15) is 0 Å². The predicted octanol–water partition coefficient (Wildman–Crippen LogP) is 3.39. The van der Waals surface area contributed by atoms with Crippen molar-refractivity contribution < 1.29 is 27.1 Å². The number of nitrogens with one attached hydrogen (secondary N) is 1. The van der Waals surface area contributed by atoms with E-state index in [-0.39, 0.29) is 22.4 Å². The minimum Gasteiger partial charge on any atom is -0.493 e. The van der Waals surface area contributed by atoms with Gasteiger partial charge in [0.05, 0.1) is 13.2 Å². The number of hydrogen-bond acceptors (Lipinski definition) is 5. The van der Waals surface area contributed by atoms with E-state index in [1.54, 1.807) is 0 Å². The summed E-state index contributed by atoms with van der Waals surface area (Å²) >= 11 is 5.60. The van der Waals surface area contributed by atoms with Crippen LogP contribution in [0.5, 0.6) is 11.5 Å². The molecule has 26 heavy (non-hydrogen) atoms. The first-order valence-electron chi connectivity index (χ1n) is 7.51. The van der Waals surface area contributed by atoms with Crippen molar-refractivity contribution in [3.63, 3.8) is 0 Å². The van der Waals surface area contributed by atoms with Crippen molar-refractivity contribution in [2.24, 2.45) is 0 Å². The Hall–Kier alpha value is -2.32. The number of rotatable bonds is 6. The molecule has 0 spiro atoms. The zero-order chi connectivity index (χ0) is 19.5. The summed E-state index contributed by atoms with van der Waals surface area (Å²) < 4.78 is 50.8. The van der Waals surface area contributed by atoms with Crippen molar-refractivity contribution in [3.05, 3.63) is 52.8 Å². The molecule has 0 saturated heterocycles. The molecule has 0 unspecified atom stereocenters. The van der Waals surface area contributed by atoms with Gasteiger partial charge in [0.15, 0.2) is 11.5 Å². The standard InChI is InChI=1S/C17H17ClFNO5S/c1-10(2)25-14-6-4-11(8-15(14)24-3)17(21)20-26(22,23)16-7-5-12(18)9-13(16)19/h4-10H,1-3H3,(H,20,21). The van der Waals surface area contributed by atoms with Gasteiger partial charge in [-0.15, -0.1) is 0 Å². The number of methoxy groups -OCH3 is 1. The van der Waals surface area contributed by atoms with Crippen molar-refractivity contribution in [1.82, 2.24) is 4.72 Å². The quantitative estimate of drug-likeness (QED) is 0.802. The maximum Gasteiger partial charge on any atom is 0.267 e. The summed E-state index contributed by atoms with van der Waals surface area (Å²) in [5.41, 5.74) is 0.0101. The Bertz CT molecular complexity index is 931. The number of benzene rings is 2. The molecule has 2 rings (SSSR count). The Morgan fingerprint density at radius 2 is 1.85 bits per heavy atom.